The maximum atomic E-state index is 12.9. The smallest absolute Gasteiger partial charge is 0.319 e. The van der Waals surface area contributed by atoms with E-state index in [0.717, 1.165) is 0 Å². The molecule has 1 fully saturated rings. The Morgan fingerprint density at radius 1 is 1.28 bits per heavy atom. The Labute approximate surface area is 143 Å². The average Bonchev–Trinajstić information content (AvgIpc) is 2.61. The first kappa shape index (κ1) is 16.9. The molecule has 2 heterocycles. The lowest BCUT2D eigenvalue weighted by molar-refractivity contribution is -0.384. The molecule has 0 saturated carbocycles. The molecule has 132 valence electrons. The Balaban J connectivity index is 1.94. The van der Waals surface area contributed by atoms with Gasteiger partial charge in [0.15, 0.2) is 0 Å². The molecule has 0 unspecified atom stereocenters. The molecule has 0 bridgehead atoms. The summed E-state index contributed by atoms with van der Waals surface area (Å²) in [7, 11) is 0. The Kier molecular flexibility index (Phi) is 4.66. The minimum Gasteiger partial charge on any atom is -0.378 e. The third-order valence-corrected chi connectivity index (χ3v) is 4.24. The van der Waals surface area contributed by atoms with Crippen LogP contribution in [0.5, 0.6) is 0 Å². The molecule has 2 aliphatic rings. The fourth-order valence-corrected chi connectivity index (χ4v) is 2.95. The molecule has 0 radical (unpaired) electrons. The quantitative estimate of drug-likeness (QED) is 0.628. The number of nitro benzene ring substituents is 1. The van der Waals surface area contributed by atoms with Gasteiger partial charge in [0.25, 0.3) is 11.6 Å². The van der Waals surface area contributed by atoms with Crippen molar-refractivity contribution < 1.29 is 19.2 Å². The molecular weight excluding hydrogens is 328 g/mol. The molecule has 0 aromatic heterocycles. The summed E-state index contributed by atoms with van der Waals surface area (Å²) in [5, 5.41) is 16.2. The highest BCUT2D eigenvalue weighted by Gasteiger charge is 2.34. The number of nitrogens with one attached hydrogen (secondary N) is 2. The van der Waals surface area contributed by atoms with E-state index in [9.17, 15) is 19.7 Å². The molecule has 1 aromatic rings. The van der Waals surface area contributed by atoms with Crippen molar-refractivity contribution in [1.82, 2.24) is 15.5 Å². The minimum absolute atomic E-state index is 0.0502. The van der Waals surface area contributed by atoms with Crippen LogP contribution in [-0.4, -0.2) is 48.1 Å². The zero-order valence-electron chi connectivity index (χ0n) is 13.7. The van der Waals surface area contributed by atoms with Gasteiger partial charge in [-0.2, -0.15) is 0 Å². The number of non-ortho nitro benzene ring substituents is 1. The predicted octanol–water partition coefficient (Wildman–Crippen LogP) is 1.08. The van der Waals surface area contributed by atoms with Crippen molar-refractivity contribution in [1.29, 1.82) is 0 Å². The number of carbonyl (C=O) groups excluding carboxylic acids is 2. The number of ether oxygens (including phenoxy) is 1. The predicted molar refractivity (Wildman–Crippen MR) is 87.6 cm³/mol. The van der Waals surface area contributed by atoms with Gasteiger partial charge >= 0.3 is 6.03 Å². The fourth-order valence-electron chi connectivity index (χ4n) is 2.95. The summed E-state index contributed by atoms with van der Waals surface area (Å²) >= 11 is 0. The Bertz CT molecular complexity index is 737. The van der Waals surface area contributed by atoms with E-state index in [0.29, 0.717) is 43.1 Å². The molecule has 9 heteroatoms. The van der Waals surface area contributed by atoms with Gasteiger partial charge in [-0.25, -0.2) is 4.79 Å². The van der Waals surface area contributed by atoms with E-state index < -0.39 is 17.0 Å². The molecule has 2 aliphatic heterocycles. The van der Waals surface area contributed by atoms with Crippen molar-refractivity contribution >= 4 is 17.6 Å². The normalized spacial score (nSPS) is 20.8. The van der Waals surface area contributed by atoms with Gasteiger partial charge in [0.1, 0.15) is 0 Å². The highest BCUT2D eigenvalue weighted by molar-refractivity contribution is 5.98. The van der Waals surface area contributed by atoms with Crippen LogP contribution >= 0.6 is 0 Å². The van der Waals surface area contributed by atoms with Gasteiger partial charge in [-0.3, -0.25) is 14.9 Å². The highest BCUT2D eigenvalue weighted by Crippen LogP contribution is 2.29. The standard InChI is InChI=1S/C16H18N4O5/c1-10-13(15(21)19-6-8-25-9-7-19)14(18-16(22)17-10)11-2-4-12(5-3-11)20(23)24/h2-5,14H,6-9H2,1H3,(H2,17,18,22)/t14-/m0/s1. The zero-order chi connectivity index (χ0) is 18.0. The molecule has 0 spiro atoms. The topological polar surface area (TPSA) is 114 Å². The number of amides is 3. The van der Waals surface area contributed by atoms with Crippen molar-refractivity contribution in [3.05, 3.63) is 51.2 Å². The van der Waals surface area contributed by atoms with E-state index in [4.69, 9.17) is 4.74 Å². The first-order valence-electron chi connectivity index (χ1n) is 7.87. The second-order valence-electron chi connectivity index (χ2n) is 5.82. The van der Waals surface area contributed by atoms with Gasteiger partial charge in [-0.15, -0.1) is 0 Å². The lowest BCUT2D eigenvalue weighted by Crippen LogP contribution is -2.49. The van der Waals surface area contributed by atoms with Gasteiger partial charge in [0, 0.05) is 30.9 Å². The SMILES string of the molecule is CC1=C(C(=O)N2CCOCC2)[C@H](c2ccc([N+](=O)[O-])cc2)NC(=O)N1. The van der Waals surface area contributed by atoms with Crippen LogP contribution in [0.4, 0.5) is 10.5 Å². The van der Waals surface area contributed by atoms with Gasteiger partial charge in [-0.1, -0.05) is 0 Å². The van der Waals surface area contributed by atoms with Crippen molar-refractivity contribution in [2.75, 3.05) is 26.3 Å². The van der Waals surface area contributed by atoms with Crippen molar-refractivity contribution in [2.45, 2.75) is 13.0 Å². The van der Waals surface area contributed by atoms with Crippen LogP contribution in [0.1, 0.15) is 18.5 Å². The average molecular weight is 346 g/mol. The van der Waals surface area contributed by atoms with Crippen LogP contribution in [0.25, 0.3) is 0 Å². The third-order valence-electron chi connectivity index (χ3n) is 4.24. The number of allylic oxidation sites excluding steroid dienone is 1. The number of morpholine rings is 1. The second-order valence-corrected chi connectivity index (χ2v) is 5.82. The Hall–Kier alpha value is -2.94. The monoisotopic (exact) mass is 346 g/mol. The van der Waals surface area contributed by atoms with Crippen molar-refractivity contribution in [3.8, 4) is 0 Å². The minimum atomic E-state index is -0.662. The van der Waals surface area contributed by atoms with Crippen molar-refractivity contribution in [2.24, 2.45) is 0 Å². The molecule has 2 N–H and O–H groups in total. The summed E-state index contributed by atoms with van der Waals surface area (Å²) in [4.78, 5) is 36.8. The Morgan fingerprint density at radius 2 is 1.92 bits per heavy atom. The van der Waals surface area contributed by atoms with Crippen LogP contribution in [-0.2, 0) is 9.53 Å². The molecule has 3 rings (SSSR count). The summed E-state index contributed by atoms with van der Waals surface area (Å²) in [6.45, 7) is 3.58. The van der Waals surface area contributed by atoms with E-state index in [1.54, 1.807) is 24.0 Å². The van der Waals surface area contributed by atoms with Gasteiger partial charge in [0.2, 0.25) is 0 Å². The van der Waals surface area contributed by atoms with Crippen LogP contribution in [0, 0.1) is 10.1 Å². The maximum absolute atomic E-state index is 12.9. The lowest BCUT2D eigenvalue weighted by atomic mass is 9.94. The van der Waals surface area contributed by atoms with Gasteiger partial charge < -0.3 is 20.3 Å². The number of urea groups is 1. The molecule has 1 aromatic carbocycles. The number of benzene rings is 1. The molecule has 25 heavy (non-hydrogen) atoms. The van der Waals surface area contributed by atoms with E-state index in [1.165, 1.54) is 12.1 Å². The van der Waals surface area contributed by atoms with Crippen molar-refractivity contribution in [3.63, 3.8) is 0 Å². The summed E-state index contributed by atoms with van der Waals surface area (Å²) < 4.78 is 5.27. The molecule has 1 atom stereocenters. The maximum Gasteiger partial charge on any atom is 0.319 e. The zero-order valence-corrected chi connectivity index (χ0v) is 13.7. The van der Waals surface area contributed by atoms with Gasteiger partial charge in [0.05, 0.1) is 29.8 Å². The number of carbonyl (C=O) groups is 2. The van der Waals surface area contributed by atoms with E-state index in [-0.39, 0.29) is 11.6 Å². The number of hydrogen-bond acceptors (Lipinski definition) is 5. The molecule has 0 aliphatic carbocycles. The summed E-state index contributed by atoms with van der Waals surface area (Å²) in [5.74, 6) is -0.184. The van der Waals surface area contributed by atoms with E-state index in [2.05, 4.69) is 10.6 Å². The van der Waals surface area contributed by atoms with E-state index in [1.807, 2.05) is 0 Å². The molecule has 9 nitrogen and oxygen atoms in total. The fraction of sp³-hybridized carbons (Fsp3) is 0.375. The first-order valence-corrected chi connectivity index (χ1v) is 7.87. The molecule has 1 saturated heterocycles. The lowest BCUT2D eigenvalue weighted by Gasteiger charge is -2.33. The van der Waals surface area contributed by atoms with Crippen LogP contribution < -0.4 is 10.6 Å². The number of rotatable bonds is 3. The Morgan fingerprint density at radius 3 is 2.52 bits per heavy atom. The van der Waals surface area contributed by atoms with Crippen LogP contribution in [0.2, 0.25) is 0 Å². The summed E-state index contributed by atoms with van der Waals surface area (Å²) in [6.07, 6.45) is 0. The summed E-state index contributed by atoms with van der Waals surface area (Å²) in [6, 6.07) is 4.73. The van der Waals surface area contributed by atoms with Crippen LogP contribution in [0.15, 0.2) is 35.5 Å². The number of nitro groups is 1. The largest absolute Gasteiger partial charge is 0.378 e. The third kappa shape index (κ3) is 3.45. The molecule has 3 amide bonds. The number of hydrogen-bond donors (Lipinski definition) is 2. The summed E-state index contributed by atoms with van der Waals surface area (Å²) in [5.41, 5.74) is 1.46. The number of nitrogens with zero attached hydrogens (tertiary/aromatic N) is 2. The second kappa shape index (κ2) is 6.89. The van der Waals surface area contributed by atoms with Gasteiger partial charge in [-0.05, 0) is 24.6 Å². The van der Waals surface area contributed by atoms with Crippen LogP contribution in [0.3, 0.4) is 0 Å². The van der Waals surface area contributed by atoms with E-state index >= 15 is 0 Å². The first-order chi connectivity index (χ1) is 12.0. The molecular formula is C16H18N4O5. The highest BCUT2D eigenvalue weighted by atomic mass is 16.6.